The van der Waals surface area contributed by atoms with E-state index in [0.29, 0.717) is 11.6 Å². The van der Waals surface area contributed by atoms with Crippen LogP contribution in [0.2, 0.25) is 5.15 Å². The Labute approximate surface area is 184 Å². The lowest BCUT2D eigenvalue weighted by Gasteiger charge is -2.10. The van der Waals surface area contributed by atoms with Crippen LogP contribution >= 0.6 is 11.6 Å². The molecule has 0 aliphatic heterocycles. The molecule has 0 spiro atoms. The summed E-state index contributed by atoms with van der Waals surface area (Å²) >= 11 is 5.56. The largest absolute Gasteiger partial charge is 0.368 e. The molecule has 0 fully saturated rings. The molecule has 0 aliphatic rings. The Kier molecular flexibility index (Phi) is 9.13. The number of rotatable bonds is 7. The zero-order valence-corrected chi connectivity index (χ0v) is 18.0. The van der Waals surface area contributed by atoms with Crippen LogP contribution in [0.5, 0.6) is 0 Å². The van der Waals surface area contributed by atoms with Gasteiger partial charge in [0.05, 0.1) is 5.69 Å². The lowest BCUT2D eigenvalue weighted by molar-refractivity contribution is 0.512. The maximum Gasteiger partial charge on any atom is 0.223 e. The van der Waals surface area contributed by atoms with E-state index in [2.05, 4.69) is 30.6 Å². The van der Waals surface area contributed by atoms with Crippen molar-refractivity contribution >= 4 is 35.1 Å². The van der Waals surface area contributed by atoms with Crippen LogP contribution in [-0.2, 0) is 0 Å². The number of aryl methyl sites for hydroxylation is 1. The van der Waals surface area contributed by atoms with Crippen LogP contribution in [0.3, 0.4) is 0 Å². The lowest BCUT2D eigenvalue weighted by Crippen LogP contribution is -2.07. The molecule has 0 atom stereocenters. The fourth-order valence-corrected chi connectivity index (χ4v) is 2.79. The summed E-state index contributed by atoms with van der Waals surface area (Å²) in [6, 6.07) is 9.28. The van der Waals surface area contributed by atoms with Gasteiger partial charge in [0.25, 0.3) is 0 Å². The Bertz CT molecular complexity index is 983. The SMILES string of the molecule is Cc1cccc(-c2cc(NCCF)nc(N)n2)c1C.Nc1nc(Cl)cc(NCCF)n1. The van der Waals surface area contributed by atoms with Gasteiger partial charge in [0.1, 0.15) is 30.1 Å². The molecule has 8 nitrogen and oxygen atoms in total. The normalized spacial score (nSPS) is 10.2. The van der Waals surface area contributed by atoms with E-state index in [1.165, 1.54) is 11.6 Å². The Hall–Kier alpha value is -3.27. The minimum Gasteiger partial charge on any atom is -0.368 e. The van der Waals surface area contributed by atoms with Crippen LogP contribution in [-0.4, -0.2) is 46.4 Å². The van der Waals surface area contributed by atoms with E-state index in [-0.39, 0.29) is 30.1 Å². The lowest BCUT2D eigenvalue weighted by atomic mass is 10.0. The van der Waals surface area contributed by atoms with Crippen molar-refractivity contribution in [3.8, 4) is 11.3 Å². The number of halogens is 3. The van der Waals surface area contributed by atoms with Gasteiger partial charge in [-0.15, -0.1) is 0 Å². The molecule has 1 aromatic carbocycles. The highest BCUT2D eigenvalue weighted by atomic mass is 35.5. The molecule has 0 saturated heterocycles. The van der Waals surface area contributed by atoms with Crippen LogP contribution in [0, 0.1) is 13.8 Å². The van der Waals surface area contributed by atoms with Gasteiger partial charge in [-0.3, -0.25) is 0 Å². The highest BCUT2D eigenvalue weighted by molar-refractivity contribution is 6.29. The first-order chi connectivity index (χ1) is 14.8. The molecule has 0 bridgehead atoms. The minimum atomic E-state index is -0.471. The van der Waals surface area contributed by atoms with Gasteiger partial charge in [-0.25, -0.2) is 18.7 Å². The zero-order chi connectivity index (χ0) is 22.8. The smallest absolute Gasteiger partial charge is 0.223 e. The third-order valence-electron chi connectivity index (χ3n) is 4.14. The number of hydrogen-bond acceptors (Lipinski definition) is 8. The Morgan fingerprint density at radius 3 is 2.03 bits per heavy atom. The molecule has 2 heterocycles. The van der Waals surface area contributed by atoms with Gasteiger partial charge in [-0.1, -0.05) is 29.8 Å². The highest BCUT2D eigenvalue weighted by Gasteiger charge is 2.08. The topological polar surface area (TPSA) is 128 Å². The average molecular weight is 451 g/mol. The fourth-order valence-electron chi connectivity index (χ4n) is 2.60. The molecule has 166 valence electrons. The third kappa shape index (κ3) is 7.49. The van der Waals surface area contributed by atoms with Crippen molar-refractivity contribution in [2.75, 3.05) is 48.5 Å². The van der Waals surface area contributed by atoms with Crippen molar-refractivity contribution in [1.82, 2.24) is 19.9 Å². The van der Waals surface area contributed by atoms with Crippen molar-refractivity contribution in [2.45, 2.75) is 13.8 Å². The molecule has 3 rings (SSSR count). The Morgan fingerprint density at radius 1 is 0.871 bits per heavy atom. The second-order valence-electron chi connectivity index (χ2n) is 6.41. The fraction of sp³-hybridized carbons (Fsp3) is 0.300. The summed E-state index contributed by atoms with van der Waals surface area (Å²) in [6.07, 6.45) is 0. The first-order valence-corrected chi connectivity index (χ1v) is 9.82. The number of benzene rings is 1. The monoisotopic (exact) mass is 450 g/mol. The molecule has 0 unspecified atom stereocenters. The number of alkyl halides is 2. The van der Waals surface area contributed by atoms with Gasteiger partial charge in [0.15, 0.2) is 0 Å². The summed E-state index contributed by atoms with van der Waals surface area (Å²) in [5, 5.41) is 5.80. The van der Waals surface area contributed by atoms with Crippen molar-refractivity contribution in [3.05, 3.63) is 46.6 Å². The maximum atomic E-state index is 12.2. The predicted molar refractivity (Wildman–Crippen MR) is 122 cm³/mol. The Balaban J connectivity index is 0.000000245. The number of anilines is 4. The molecule has 6 N–H and O–H groups in total. The van der Waals surface area contributed by atoms with Crippen molar-refractivity contribution in [2.24, 2.45) is 0 Å². The van der Waals surface area contributed by atoms with E-state index < -0.39 is 13.3 Å². The van der Waals surface area contributed by atoms with Gasteiger partial charge >= 0.3 is 0 Å². The van der Waals surface area contributed by atoms with Gasteiger partial charge in [0.2, 0.25) is 11.9 Å². The van der Waals surface area contributed by atoms with Crippen LogP contribution in [0.1, 0.15) is 11.1 Å². The number of aromatic nitrogens is 4. The highest BCUT2D eigenvalue weighted by Crippen LogP contribution is 2.25. The molecular weight excluding hydrogens is 426 g/mol. The first kappa shape index (κ1) is 24.0. The zero-order valence-electron chi connectivity index (χ0n) is 17.3. The van der Waals surface area contributed by atoms with E-state index in [9.17, 15) is 8.78 Å². The van der Waals surface area contributed by atoms with Gasteiger partial charge in [-0.2, -0.15) is 9.97 Å². The first-order valence-electron chi connectivity index (χ1n) is 9.45. The number of nitrogens with two attached hydrogens (primary N) is 2. The second kappa shape index (κ2) is 11.8. The molecular formula is C20H25ClF2N8. The predicted octanol–water partition coefficient (Wildman–Crippen LogP) is 3.82. The van der Waals surface area contributed by atoms with Crippen molar-refractivity contribution in [1.29, 1.82) is 0 Å². The minimum absolute atomic E-state index is 0.0730. The van der Waals surface area contributed by atoms with Gasteiger partial charge < -0.3 is 22.1 Å². The summed E-state index contributed by atoms with van der Waals surface area (Å²) < 4.78 is 23.9. The van der Waals surface area contributed by atoms with Crippen molar-refractivity contribution < 1.29 is 8.78 Å². The summed E-state index contributed by atoms with van der Waals surface area (Å²) in [5.74, 6) is 1.23. The van der Waals surface area contributed by atoms with E-state index in [1.54, 1.807) is 6.07 Å². The van der Waals surface area contributed by atoms with E-state index in [1.807, 2.05) is 32.0 Å². The summed E-state index contributed by atoms with van der Waals surface area (Å²) in [6.45, 7) is 3.56. The molecule has 2 aromatic heterocycles. The van der Waals surface area contributed by atoms with Crippen molar-refractivity contribution in [3.63, 3.8) is 0 Å². The summed E-state index contributed by atoms with van der Waals surface area (Å²) in [4.78, 5) is 15.7. The number of hydrogen-bond donors (Lipinski definition) is 4. The van der Waals surface area contributed by atoms with Crippen LogP contribution in [0.25, 0.3) is 11.3 Å². The van der Waals surface area contributed by atoms with Crippen LogP contribution in [0.4, 0.5) is 32.3 Å². The number of nitrogen functional groups attached to an aromatic ring is 2. The maximum absolute atomic E-state index is 12.2. The van der Waals surface area contributed by atoms with Gasteiger partial charge in [-0.05, 0) is 25.0 Å². The summed E-state index contributed by atoms with van der Waals surface area (Å²) in [5.41, 5.74) is 15.1. The molecule has 0 amide bonds. The molecule has 3 aromatic rings. The molecule has 31 heavy (non-hydrogen) atoms. The van der Waals surface area contributed by atoms with E-state index in [4.69, 9.17) is 23.1 Å². The standard InChI is InChI=1S/C14H17FN4.C6H8ClFN4/c1-9-4-3-5-11(10(9)2)12-8-13(17-7-6-15)19-14(16)18-12;7-4-3-5(10-2-1-8)12-6(9)11-4/h3-5,8H,6-7H2,1-2H3,(H3,16,17,18,19);3H,1-2H2,(H3,9,10,11,12). The average Bonchev–Trinajstić information content (AvgIpc) is 2.72. The number of nitrogens with zero attached hydrogens (tertiary/aromatic N) is 4. The van der Waals surface area contributed by atoms with E-state index >= 15 is 0 Å². The number of nitrogens with one attached hydrogen (secondary N) is 2. The van der Waals surface area contributed by atoms with Crippen LogP contribution < -0.4 is 22.1 Å². The van der Waals surface area contributed by atoms with Gasteiger partial charge in [0, 0.05) is 30.8 Å². The molecule has 11 heteroatoms. The Morgan fingerprint density at radius 2 is 1.45 bits per heavy atom. The van der Waals surface area contributed by atoms with E-state index in [0.717, 1.165) is 16.8 Å². The summed E-state index contributed by atoms with van der Waals surface area (Å²) in [7, 11) is 0. The second-order valence-corrected chi connectivity index (χ2v) is 6.80. The van der Waals surface area contributed by atoms with Crippen LogP contribution in [0.15, 0.2) is 30.3 Å². The molecule has 0 saturated carbocycles. The quantitative estimate of drug-likeness (QED) is 0.400. The molecule has 0 aliphatic carbocycles. The third-order valence-corrected chi connectivity index (χ3v) is 4.33. The molecule has 0 radical (unpaired) electrons.